The fourth-order valence-electron chi connectivity index (χ4n) is 1.68. The van der Waals surface area contributed by atoms with E-state index >= 15 is 0 Å². The first-order chi connectivity index (χ1) is 8.59. The van der Waals surface area contributed by atoms with Crippen molar-refractivity contribution in [3.63, 3.8) is 0 Å². The SMILES string of the molecule is COCCC(C)(C)CNCc1cccnc1C#N. The van der Waals surface area contributed by atoms with Crippen LogP contribution in [0.2, 0.25) is 0 Å². The lowest BCUT2D eigenvalue weighted by atomic mass is 9.89. The number of hydrogen-bond acceptors (Lipinski definition) is 4. The molecule has 1 heterocycles. The van der Waals surface area contributed by atoms with Crippen LogP contribution in [0.25, 0.3) is 0 Å². The molecule has 0 aliphatic heterocycles. The summed E-state index contributed by atoms with van der Waals surface area (Å²) in [6.07, 6.45) is 2.65. The lowest BCUT2D eigenvalue weighted by Crippen LogP contribution is -2.30. The van der Waals surface area contributed by atoms with Crippen molar-refractivity contribution in [3.05, 3.63) is 29.6 Å². The Morgan fingerprint density at radius 1 is 1.50 bits per heavy atom. The first-order valence-electron chi connectivity index (χ1n) is 6.13. The molecule has 0 radical (unpaired) electrons. The van der Waals surface area contributed by atoms with Crippen molar-refractivity contribution in [3.8, 4) is 6.07 Å². The van der Waals surface area contributed by atoms with Crippen LogP contribution in [0, 0.1) is 16.7 Å². The number of aromatic nitrogens is 1. The van der Waals surface area contributed by atoms with E-state index in [1.54, 1.807) is 13.3 Å². The molecule has 4 heteroatoms. The smallest absolute Gasteiger partial charge is 0.144 e. The van der Waals surface area contributed by atoms with Crippen molar-refractivity contribution < 1.29 is 4.74 Å². The van der Waals surface area contributed by atoms with Crippen molar-refractivity contribution in [2.45, 2.75) is 26.8 Å². The van der Waals surface area contributed by atoms with E-state index in [0.717, 1.165) is 25.1 Å². The van der Waals surface area contributed by atoms with Crippen LogP contribution in [-0.2, 0) is 11.3 Å². The lowest BCUT2D eigenvalue weighted by molar-refractivity contribution is 0.150. The van der Waals surface area contributed by atoms with Gasteiger partial charge in [0.25, 0.3) is 0 Å². The molecule has 1 aromatic rings. The average Bonchev–Trinajstić information content (AvgIpc) is 2.37. The molecule has 98 valence electrons. The molecule has 0 unspecified atom stereocenters. The maximum atomic E-state index is 8.94. The van der Waals surface area contributed by atoms with Crippen LogP contribution in [0.4, 0.5) is 0 Å². The number of rotatable bonds is 7. The summed E-state index contributed by atoms with van der Waals surface area (Å²) in [4.78, 5) is 4.04. The highest BCUT2D eigenvalue weighted by Crippen LogP contribution is 2.19. The van der Waals surface area contributed by atoms with Crippen LogP contribution in [0.1, 0.15) is 31.5 Å². The minimum atomic E-state index is 0.186. The second kappa shape index (κ2) is 7.10. The van der Waals surface area contributed by atoms with Gasteiger partial charge in [-0.15, -0.1) is 0 Å². The van der Waals surface area contributed by atoms with E-state index < -0.39 is 0 Å². The second-order valence-corrected chi connectivity index (χ2v) is 5.13. The third-order valence-corrected chi connectivity index (χ3v) is 2.90. The van der Waals surface area contributed by atoms with Crippen molar-refractivity contribution in [1.82, 2.24) is 10.3 Å². The number of ether oxygens (including phenoxy) is 1. The highest BCUT2D eigenvalue weighted by molar-refractivity contribution is 5.30. The van der Waals surface area contributed by atoms with E-state index in [-0.39, 0.29) is 5.41 Å². The predicted octanol–water partition coefficient (Wildman–Crippen LogP) is 2.11. The van der Waals surface area contributed by atoms with Crippen molar-refractivity contribution in [1.29, 1.82) is 5.26 Å². The van der Waals surface area contributed by atoms with Crippen LogP contribution >= 0.6 is 0 Å². The first-order valence-corrected chi connectivity index (χ1v) is 6.13. The summed E-state index contributed by atoms with van der Waals surface area (Å²) >= 11 is 0. The topological polar surface area (TPSA) is 57.9 Å². The van der Waals surface area contributed by atoms with E-state index in [1.165, 1.54) is 0 Å². The standard InChI is InChI=1S/C14H21N3O/c1-14(2,6-8-18-3)11-16-10-12-5-4-7-17-13(12)9-15/h4-5,7,16H,6,8,10-11H2,1-3H3. The minimum Gasteiger partial charge on any atom is -0.385 e. The fraction of sp³-hybridized carbons (Fsp3) is 0.571. The zero-order valence-electron chi connectivity index (χ0n) is 11.4. The first kappa shape index (κ1) is 14.6. The van der Waals surface area contributed by atoms with Gasteiger partial charge in [-0.1, -0.05) is 19.9 Å². The van der Waals surface area contributed by atoms with Gasteiger partial charge in [0, 0.05) is 38.6 Å². The number of nitrogens with one attached hydrogen (secondary N) is 1. The summed E-state index contributed by atoms with van der Waals surface area (Å²) in [6, 6.07) is 5.89. The monoisotopic (exact) mass is 247 g/mol. The summed E-state index contributed by atoms with van der Waals surface area (Å²) < 4.78 is 5.10. The Morgan fingerprint density at radius 2 is 2.28 bits per heavy atom. The zero-order chi connectivity index (χ0) is 13.4. The van der Waals surface area contributed by atoms with Gasteiger partial charge in [0.15, 0.2) is 0 Å². The number of nitriles is 1. The van der Waals surface area contributed by atoms with Gasteiger partial charge < -0.3 is 10.1 Å². The average molecular weight is 247 g/mol. The number of methoxy groups -OCH3 is 1. The third-order valence-electron chi connectivity index (χ3n) is 2.90. The van der Waals surface area contributed by atoms with E-state index in [9.17, 15) is 0 Å². The van der Waals surface area contributed by atoms with Gasteiger partial charge in [-0.25, -0.2) is 4.98 Å². The quantitative estimate of drug-likeness (QED) is 0.801. The molecule has 4 nitrogen and oxygen atoms in total. The van der Waals surface area contributed by atoms with E-state index in [0.29, 0.717) is 12.2 Å². The molecule has 0 saturated carbocycles. The second-order valence-electron chi connectivity index (χ2n) is 5.13. The van der Waals surface area contributed by atoms with E-state index in [4.69, 9.17) is 10.00 Å². The summed E-state index contributed by atoms with van der Waals surface area (Å²) in [5, 5.41) is 12.3. The van der Waals surface area contributed by atoms with Gasteiger partial charge in [0.05, 0.1) is 0 Å². The Labute approximate surface area is 109 Å². The van der Waals surface area contributed by atoms with Crippen molar-refractivity contribution >= 4 is 0 Å². The van der Waals surface area contributed by atoms with Gasteiger partial charge in [-0.3, -0.25) is 0 Å². The van der Waals surface area contributed by atoms with Gasteiger partial charge in [0.1, 0.15) is 11.8 Å². The number of pyridine rings is 1. The Hall–Kier alpha value is -1.44. The highest BCUT2D eigenvalue weighted by Gasteiger charge is 2.17. The Kier molecular flexibility index (Phi) is 5.76. The van der Waals surface area contributed by atoms with Crippen molar-refractivity contribution in [2.24, 2.45) is 5.41 Å². The molecule has 0 spiro atoms. The Bertz CT molecular complexity index is 410. The van der Waals surface area contributed by atoms with Gasteiger partial charge in [-0.2, -0.15) is 5.26 Å². The number of nitrogens with zero attached hydrogens (tertiary/aromatic N) is 2. The molecule has 0 amide bonds. The molecule has 18 heavy (non-hydrogen) atoms. The third kappa shape index (κ3) is 4.82. The van der Waals surface area contributed by atoms with Gasteiger partial charge in [0.2, 0.25) is 0 Å². The maximum Gasteiger partial charge on any atom is 0.144 e. The minimum absolute atomic E-state index is 0.186. The molecule has 0 aromatic carbocycles. The molecule has 0 fully saturated rings. The Balaban J connectivity index is 2.44. The van der Waals surface area contributed by atoms with Crippen LogP contribution in [-0.4, -0.2) is 25.2 Å². The Morgan fingerprint density at radius 3 is 2.94 bits per heavy atom. The molecule has 1 aromatic heterocycles. The molecule has 0 atom stereocenters. The summed E-state index contributed by atoms with van der Waals surface area (Å²) in [7, 11) is 1.72. The van der Waals surface area contributed by atoms with Crippen LogP contribution in [0.15, 0.2) is 18.3 Å². The molecule has 0 saturated heterocycles. The van der Waals surface area contributed by atoms with Gasteiger partial charge in [-0.05, 0) is 17.9 Å². The largest absolute Gasteiger partial charge is 0.385 e. The van der Waals surface area contributed by atoms with E-state index in [1.807, 2.05) is 12.1 Å². The summed E-state index contributed by atoms with van der Waals surface area (Å²) in [6.45, 7) is 6.73. The van der Waals surface area contributed by atoms with Crippen LogP contribution in [0.3, 0.4) is 0 Å². The number of hydrogen-bond donors (Lipinski definition) is 1. The molecular formula is C14H21N3O. The lowest BCUT2D eigenvalue weighted by Gasteiger charge is -2.24. The molecular weight excluding hydrogens is 226 g/mol. The molecule has 0 bridgehead atoms. The molecule has 1 rings (SSSR count). The zero-order valence-corrected chi connectivity index (χ0v) is 11.4. The normalized spacial score (nSPS) is 11.2. The highest BCUT2D eigenvalue weighted by atomic mass is 16.5. The van der Waals surface area contributed by atoms with E-state index in [2.05, 4.69) is 30.2 Å². The predicted molar refractivity (Wildman–Crippen MR) is 70.9 cm³/mol. The molecule has 1 N–H and O–H groups in total. The molecule has 0 aliphatic rings. The fourth-order valence-corrected chi connectivity index (χ4v) is 1.68. The molecule has 0 aliphatic carbocycles. The summed E-state index contributed by atoms with van der Waals surface area (Å²) in [5.74, 6) is 0. The maximum absolute atomic E-state index is 8.94. The van der Waals surface area contributed by atoms with Crippen LogP contribution < -0.4 is 5.32 Å². The van der Waals surface area contributed by atoms with Gasteiger partial charge >= 0.3 is 0 Å². The van der Waals surface area contributed by atoms with Crippen LogP contribution in [0.5, 0.6) is 0 Å². The summed E-state index contributed by atoms with van der Waals surface area (Å²) in [5.41, 5.74) is 1.63. The van der Waals surface area contributed by atoms with Crippen molar-refractivity contribution in [2.75, 3.05) is 20.3 Å².